The van der Waals surface area contributed by atoms with Gasteiger partial charge in [-0.25, -0.2) is 0 Å². The number of hydrogen-bond donors (Lipinski definition) is 1. The van der Waals surface area contributed by atoms with Crippen LogP contribution in [0.1, 0.15) is 0 Å². The quantitative estimate of drug-likeness (QED) is 0.716. The maximum absolute atomic E-state index is 12.1. The molecule has 1 aliphatic rings. The summed E-state index contributed by atoms with van der Waals surface area (Å²) in [6.45, 7) is 3.62. The maximum Gasteiger partial charge on any atom is 0.394 e. The Morgan fingerprint density at radius 2 is 2.07 bits per heavy atom. The molecule has 0 aromatic rings. The van der Waals surface area contributed by atoms with E-state index in [1.54, 1.807) is 4.90 Å². The Kier molecular flexibility index (Phi) is 3.38. The van der Waals surface area contributed by atoms with Crippen LogP contribution in [0.25, 0.3) is 0 Å². The number of carbonyl (C=O) groups is 1. The van der Waals surface area contributed by atoms with Crippen molar-refractivity contribution in [2.75, 3.05) is 26.7 Å². The molecule has 0 spiro atoms. The summed E-state index contributed by atoms with van der Waals surface area (Å²) in [4.78, 5) is 12.6. The number of halogens is 3. The molecule has 0 unspecified atom stereocenters. The fourth-order valence-corrected chi connectivity index (χ4v) is 1.42. The molecule has 1 fully saturated rings. The molecule has 1 aliphatic heterocycles. The summed E-state index contributed by atoms with van der Waals surface area (Å²) < 4.78 is 36.3. The van der Waals surface area contributed by atoms with Crippen LogP contribution < -0.4 is 5.32 Å². The van der Waals surface area contributed by atoms with Crippen LogP contribution >= 0.6 is 0 Å². The first kappa shape index (κ1) is 12.0. The summed E-state index contributed by atoms with van der Waals surface area (Å²) in [7, 11) is 1.46. The fourth-order valence-electron chi connectivity index (χ4n) is 1.42. The Morgan fingerprint density at radius 3 is 2.47 bits per heavy atom. The second kappa shape index (κ2) is 4.22. The van der Waals surface area contributed by atoms with Crippen LogP contribution in [0, 0.1) is 5.92 Å². The molecule has 1 N–H and O–H groups in total. The fraction of sp³-hybridized carbons (Fsp3) is 0.667. The van der Waals surface area contributed by atoms with Gasteiger partial charge in [0.25, 0.3) is 0 Å². The smallest absolute Gasteiger partial charge is 0.355 e. The Balaban J connectivity index is 2.29. The highest BCUT2D eigenvalue weighted by atomic mass is 19.4. The molecule has 15 heavy (non-hydrogen) atoms. The second-order valence-corrected chi connectivity index (χ2v) is 3.62. The van der Waals surface area contributed by atoms with E-state index in [0.717, 1.165) is 0 Å². The minimum absolute atomic E-state index is 0.0421. The minimum atomic E-state index is -4.12. The number of alkyl halides is 3. The van der Waals surface area contributed by atoms with Crippen molar-refractivity contribution in [2.45, 2.75) is 6.18 Å². The van der Waals surface area contributed by atoms with Crippen molar-refractivity contribution in [3.05, 3.63) is 12.2 Å². The largest absolute Gasteiger partial charge is 0.394 e. The van der Waals surface area contributed by atoms with E-state index in [1.165, 1.54) is 7.05 Å². The summed E-state index contributed by atoms with van der Waals surface area (Å²) >= 11 is 0. The zero-order valence-electron chi connectivity index (χ0n) is 8.40. The molecular weight excluding hydrogens is 209 g/mol. The molecule has 0 radical (unpaired) electrons. The number of likely N-dealkylation sites (N-methyl/N-ethyl adjacent to an activating group) is 1. The molecule has 0 saturated carbocycles. The standard InChI is InChI=1S/C9H13F3N2O/c1-6(8(15)13-2)3-14-4-7(5-14)9(10,11)12/h7H,1,3-5H2,2H3,(H,13,15). The van der Waals surface area contributed by atoms with Gasteiger partial charge in [0.1, 0.15) is 0 Å². The number of nitrogens with one attached hydrogen (secondary N) is 1. The van der Waals surface area contributed by atoms with Crippen molar-refractivity contribution >= 4 is 5.91 Å². The second-order valence-electron chi connectivity index (χ2n) is 3.62. The Bertz CT molecular complexity index is 269. The highest BCUT2D eigenvalue weighted by Gasteiger charge is 2.46. The van der Waals surface area contributed by atoms with E-state index >= 15 is 0 Å². The average Bonchev–Trinajstić information content (AvgIpc) is 2.06. The van der Waals surface area contributed by atoms with Crippen LogP contribution in [-0.2, 0) is 4.79 Å². The number of likely N-dealkylation sites (tertiary alicyclic amines) is 1. The van der Waals surface area contributed by atoms with E-state index in [2.05, 4.69) is 11.9 Å². The van der Waals surface area contributed by atoms with Crippen LogP contribution in [0.5, 0.6) is 0 Å². The minimum Gasteiger partial charge on any atom is -0.355 e. The van der Waals surface area contributed by atoms with Gasteiger partial charge in [0.15, 0.2) is 0 Å². The molecule has 86 valence electrons. The molecule has 0 atom stereocenters. The third-order valence-electron chi connectivity index (χ3n) is 2.38. The van der Waals surface area contributed by atoms with Gasteiger partial charge in [0.2, 0.25) is 5.91 Å². The van der Waals surface area contributed by atoms with Crippen molar-refractivity contribution in [3.63, 3.8) is 0 Å². The predicted molar refractivity (Wildman–Crippen MR) is 49.2 cm³/mol. The molecule has 3 nitrogen and oxygen atoms in total. The van der Waals surface area contributed by atoms with E-state index < -0.39 is 12.1 Å². The van der Waals surface area contributed by atoms with Gasteiger partial charge < -0.3 is 5.32 Å². The van der Waals surface area contributed by atoms with Gasteiger partial charge in [-0.05, 0) is 0 Å². The monoisotopic (exact) mass is 222 g/mol. The Labute approximate surface area is 85.9 Å². The van der Waals surface area contributed by atoms with Crippen LogP contribution in [-0.4, -0.2) is 43.7 Å². The lowest BCUT2D eigenvalue weighted by Gasteiger charge is -2.40. The van der Waals surface area contributed by atoms with Crippen LogP contribution in [0.4, 0.5) is 13.2 Å². The number of amides is 1. The number of rotatable bonds is 3. The van der Waals surface area contributed by atoms with Crippen LogP contribution in [0.15, 0.2) is 12.2 Å². The summed E-state index contributed by atoms with van der Waals surface area (Å²) in [6.07, 6.45) is -4.12. The van der Waals surface area contributed by atoms with Crippen molar-refractivity contribution in [2.24, 2.45) is 5.92 Å². The molecule has 6 heteroatoms. The van der Waals surface area contributed by atoms with Crippen molar-refractivity contribution in [1.29, 1.82) is 0 Å². The molecular formula is C9H13F3N2O. The van der Waals surface area contributed by atoms with Gasteiger partial charge in [0.05, 0.1) is 5.92 Å². The normalized spacial score (nSPS) is 18.4. The third-order valence-corrected chi connectivity index (χ3v) is 2.38. The lowest BCUT2D eigenvalue weighted by molar-refractivity contribution is -0.207. The van der Waals surface area contributed by atoms with E-state index in [4.69, 9.17) is 0 Å². The van der Waals surface area contributed by atoms with Crippen molar-refractivity contribution < 1.29 is 18.0 Å². The molecule has 1 heterocycles. The van der Waals surface area contributed by atoms with Gasteiger partial charge in [-0.3, -0.25) is 9.69 Å². The molecule has 1 saturated heterocycles. The van der Waals surface area contributed by atoms with Gasteiger partial charge >= 0.3 is 6.18 Å². The van der Waals surface area contributed by atoms with Crippen LogP contribution in [0.3, 0.4) is 0 Å². The Hall–Kier alpha value is -1.04. The first-order valence-corrected chi connectivity index (χ1v) is 4.53. The van der Waals surface area contributed by atoms with E-state index in [1.807, 2.05) is 0 Å². The first-order chi connectivity index (χ1) is 6.84. The van der Waals surface area contributed by atoms with Gasteiger partial charge in [-0.1, -0.05) is 6.58 Å². The molecule has 0 bridgehead atoms. The Morgan fingerprint density at radius 1 is 1.53 bits per heavy atom. The summed E-state index contributed by atoms with van der Waals surface area (Å²) in [5.74, 6) is -1.58. The predicted octanol–water partition coefficient (Wildman–Crippen LogP) is 0.783. The van der Waals surface area contributed by atoms with Gasteiger partial charge in [-0.15, -0.1) is 0 Å². The third kappa shape index (κ3) is 2.95. The molecule has 0 aromatic carbocycles. The molecule has 0 aliphatic carbocycles. The van der Waals surface area contributed by atoms with Crippen molar-refractivity contribution in [1.82, 2.24) is 10.2 Å². The molecule has 1 amide bonds. The average molecular weight is 222 g/mol. The van der Waals surface area contributed by atoms with E-state index in [9.17, 15) is 18.0 Å². The molecule has 1 rings (SSSR count). The van der Waals surface area contributed by atoms with Crippen LogP contribution in [0.2, 0.25) is 0 Å². The molecule has 0 aromatic heterocycles. The first-order valence-electron chi connectivity index (χ1n) is 4.53. The lowest BCUT2D eigenvalue weighted by atomic mass is 9.99. The lowest BCUT2D eigenvalue weighted by Crippen LogP contribution is -2.54. The maximum atomic E-state index is 12.1. The number of hydrogen-bond acceptors (Lipinski definition) is 2. The highest BCUT2D eigenvalue weighted by molar-refractivity contribution is 5.92. The number of carbonyl (C=O) groups excluding carboxylic acids is 1. The summed E-state index contributed by atoms with van der Waals surface area (Å²) in [5, 5.41) is 2.37. The SMILES string of the molecule is C=C(CN1CC(C(F)(F)F)C1)C(=O)NC. The highest BCUT2D eigenvalue weighted by Crippen LogP contribution is 2.33. The van der Waals surface area contributed by atoms with E-state index in [0.29, 0.717) is 0 Å². The van der Waals surface area contributed by atoms with Gasteiger partial charge in [-0.2, -0.15) is 13.2 Å². The topological polar surface area (TPSA) is 32.3 Å². The zero-order chi connectivity index (χ0) is 11.6. The number of nitrogens with zero attached hydrogens (tertiary/aromatic N) is 1. The van der Waals surface area contributed by atoms with E-state index in [-0.39, 0.29) is 31.1 Å². The zero-order valence-corrected chi connectivity index (χ0v) is 8.40. The van der Waals surface area contributed by atoms with Gasteiger partial charge in [0, 0.05) is 32.3 Å². The summed E-state index contributed by atoms with van der Waals surface area (Å²) in [5.41, 5.74) is 0.290. The summed E-state index contributed by atoms with van der Waals surface area (Å²) in [6, 6.07) is 0. The van der Waals surface area contributed by atoms with Crippen molar-refractivity contribution in [3.8, 4) is 0 Å².